The number of ether oxygens (including phenoxy) is 1. The molecule has 0 radical (unpaired) electrons. The number of thiocarbonyl (C=S) groups is 1. The summed E-state index contributed by atoms with van der Waals surface area (Å²) in [5.41, 5.74) is 0.410. The molecule has 0 aliphatic heterocycles. The van der Waals surface area contributed by atoms with Crippen LogP contribution in [0, 0.1) is 11.6 Å². The Labute approximate surface area is 104 Å². The summed E-state index contributed by atoms with van der Waals surface area (Å²) in [7, 11) is 1.62. The molecule has 0 aromatic heterocycles. The fourth-order valence-electron chi connectivity index (χ4n) is 1.17. The highest BCUT2D eigenvalue weighted by Crippen LogP contribution is 2.12. The van der Waals surface area contributed by atoms with Crippen LogP contribution in [0.3, 0.4) is 0 Å². The Morgan fingerprint density at radius 3 is 2.76 bits per heavy atom. The van der Waals surface area contributed by atoms with Crippen LogP contribution in [0.5, 0.6) is 0 Å². The van der Waals surface area contributed by atoms with Gasteiger partial charge >= 0.3 is 0 Å². The minimum absolute atomic E-state index is 0.368. The molecule has 1 aromatic rings. The zero-order valence-electron chi connectivity index (χ0n) is 9.43. The van der Waals surface area contributed by atoms with Crippen molar-refractivity contribution in [3.8, 4) is 0 Å². The summed E-state index contributed by atoms with van der Waals surface area (Å²) in [5, 5.41) is 6.05. The molecule has 1 rings (SSSR count). The van der Waals surface area contributed by atoms with E-state index < -0.39 is 11.6 Å². The first kappa shape index (κ1) is 13.8. The van der Waals surface area contributed by atoms with Crippen LogP contribution in [0.2, 0.25) is 0 Å². The Bertz CT molecular complexity index is 388. The van der Waals surface area contributed by atoms with Gasteiger partial charge in [0.25, 0.3) is 0 Å². The molecule has 0 amide bonds. The van der Waals surface area contributed by atoms with Crippen molar-refractivity contribution in [1.82, 2.24) is 5.32 Å². The summed E-state index contributed by atoms with van der Waals surface area (Å²) < 4.78 is 30.4. The molecule has 0 aliphatic carbocycles. The fourth-order valence-corrected chi connectivity index (χ4v) is 1.39. The van der Waals surface area contributed by atoms with Gasteiger partial charge in [0.1, 0.15) is 0 Å². The second-order valence-corrected chi connectivity index (χ2v) is 3.76. The first-order valence-corrected chi connectivity index (χ1v) is 5.53. The van der Waals surface area contributed by atoms with Gasteiger partial charge in [-0.3, -0.25) is 0 Å². The summed E-state index contributed by atoms with van der Waals surface area (Å²) in [6.45, 7) is 1.30. The highest BCUT2D eigenvalue weighted by Gasteiger charge is 2.03. The Balaban J connectivity index is 2.37. The van der Waals surface area contributed by atoms with E-state index >= 15 is 0 Å². The third-order valence-electron chi connectivity index (χ3n) is 1.99. The molecule has 0 atom stereocenters. The lowest BCUT2D eigenvalue weighted by Crippen LogP contribution is -2.29. The van der Waals surface area contributed by atoms with E-state index in [1.54, 1.807) is 7.11 Å². The molecule has 0 fully saturated rings. The molecule has 0 unspecified atom stereocenters. The smallest absolute Gasteiger partial charge is 0.170 e. The second kappa shape index (κ2) is 7.13. The van der Waals surface area contributed by atoms with Crippen LogP contribution in [-0.2, 0) is 4.74 Å². The molecule has 1 aromatic carbocycles. The molecule has 0 saturated carbocycles. The number of nitrogens with one attached hydrogen (secondary N) is 2. The van der Waals surface area contributed by atoms with Crippen molar-refractivity contribution in [2.45, 2.75) is 6.42 Å². The van der Waals surface area contributed by atoms with Crippen molar-refractivity contribution in [3.05, 3.63) is 29.8 Å². The van der Waals surface area contributed by atoms with Gasteiger partial charge in [0.05, 0.1) is 0 Å². The van der Waals surface area contributed by atoms with Gasteiger partial charge in [-0.25, -0.2) is 8.78 Å². The topological polar surface area (TPSA) is 33.3 Å². The number of benzene rings is 1. The standard InChI is InChI=1S/C11H14F2N2OS/c1-16-6-2-5-14-11(17)15-8-3-4-9(12)10(13)7-8/h3-4,7H,2,5-6H2,1H3,(H2,14,15,17). The van der Waals surface area contributed by atoms with Crippen molar-refractivity contribution in [1.29, 1.82) is 0 Å². The van der Waals surface area contributed by atoms with E-state index in [2.05, 4.69) is 10.6 Å². The summed E-state index contributed by atoms with van der Waals surface area (Å²) in [6.07, 6.45) is 0.816. The first-order valence-electron chi connectivity index (χ1n) is 5.12. The zero-order valence-corrected chi connectivity index (χ0v) is 10.2. The largest absolute Gasteiger partial charge is 0.385 e. The van der Waals surface area contributed by atoms with Crippen LogP contribution >= 0.6 is 12.2 Å². The van der Waals surface area contributed by atoms with Crippen molar-refractivity contribution in [3.63, 3.8) is 0 Å². The quantitative estimate of drug-likeness (QED) is 0.628. The van der Waals surface area contributed by atoms with Crippen LogP contribution < -0.4 is 10.6 Å². The zero-order chi connectivity index (χ0) is 12.7. The van der Waals surface area contributed by atoms with E-state index in [0.29, 0.717) is 24.0 Å². The Morgan fingerprint density at radius 2 is 2.12 bits per heavy atom. The number of halogens is 2. The van der Waals surface area contributed by atoms with Gasteiger partial charge in [0.15, 0.2) is 16.7 Å². The summed E-state index contributed by atoms with van der Waals surface area (Å²) in [5.74, 6) is -1.79. The first-order chi connectivity index (χ1) is 8.13. The third kappa shape index (κ3) is 5.06. The Kier molecular flexibility index (Phi) is 5.79. The Hall–Kier alpha value is -1.27. The monoisotopic (exact) mass is 260 g/mol. The van der Waals surface area contributed by atoms with Gasteiger partial charge in [-0.15, -0.1) is 0 Å². The highest BCUT2D eigenvalue weighted by atomic mass is 32.1. The van der Waals surface area contributed by atoms with Crippen LogP contribution in [0.1, 0.15) is 6.42 Å². The van der Waals surface area contributed by atoms with Crippen molar-refractivity contribution in [2.75, 3.05) is 25.6 Å². The van der Waals surface area contributed by atoms with Crippen molar-refractivity contribution in [2.24, 2.45) is 0 Å². The minimum Gasteiger partial charge on any atom is -0.385 e. The fraction of sp³-hybridized carbons (Fsp3) is 0.364. The van der Waals surface area contributed by atoms with Gasteiger partial charge < -0.3 is 15.4 Å². The molecule has 0 heterocycles. The van der Waals surface area contributed by atoms with E-state index in [4.69, 9.17) is 17.0 Å². The molecule has 0 aliphatic rings. The summed E-state index contributed by atoms with van der Waals surface area (Å²) in [4.78, 5) is 0. The Morgan fingerprint density at radius 1 is 1.35 bits per heavy atom. The third-order valence-corrected chi connectivity index (χ3v) is 2.23. The lowest BCUT2D eigenvalue weighted by molar-refractivity contribution is 0.196. The van der Waals surface area contributed by atoms with Gasteiger partial charge in [0, 0.05) is 32.0 Å². The number of anilines is 1. The van der Waals surface area contributed by atoms with E-state index in [-0.39, 0.29) is 0 Å². The van der Waals surface area contributed by atoms with Crippen LogP contribution in [-0.4, -0.2) is 25.4 Å². The molecular formula is C11H14F2N2OS. The molecule has 0 spiro atoms. The number of methoxy groups -OCH3 is 1. The van der Waals surface area contributed by atoms with E-state index in [1.807, 2.05) is 0 Å². The number of rotatable bonds is 5. The van der Waals surface area contributed by atoms with E-state index in [1.165, 1.54) is 6.07 Å². The summed E-state index contributed by atoms with van der Waals surface area (Å²) in [6, 6.07) is 3.52. The van der Waals surface area contributed by atoms with Gasteiger partial charge in [0.2, 0.25) is 0 Å². The van der Waals surface area contributed by atoms with Crippen LogP contribution in [0.4, 0.5) is 14.5 Å². The van der Waals surface area contributed by atoms with Gasteiger partial charge in [-0.2, -0.15) is 0 Å². The maximum atomic E-state index is 12.9. The second-order valence-electron chi connectivity index (χ2n) is 3.36. The number of hydrogen-bond donors (Lipinski definition) is 2. The molecule has 0 bridgehead atoms. The molecular weight excluding hydrogens is 246 g/mol. The minimum atomic E-state index is -0.905. The molecule has 17 heavy (non-hydrogen) atoms. The molecule has 2 N–H and O–H groups in total. The van der Waals surface area contributed by atoms with Gasteiger partial charge in [-0.1, -0.05) is 0 Å². The lowest BCUT2D eigenvalue weighted by Gasteiger charge is -2.10. The molecule has 3 nitrogen and oxygen atoms in total. The average molecular weight is 260 g/mol. The van der Waals surface area contributed by atoms with Crippen LogP contribution in [0.15, 0.2) is 18.2 Å². The van der Waals surface area contributed by atoms with Crippen LogP contribution in [0.25, 0.3) is 0 Å². The van der Waals surface area contributed by atoms with Crippen molar-refractivity contribution < 1.29 is 13.5 Å². The number of hydrogen-bond acceptors (Lipinski definition) is 2. The van der Waals surface area contributed by atoms with E-state index in [9.17, 15) is 8.78 Å². The van der Waals surface area contributed by atoms with E-state index in [0.717, 1.165) is 18.6 Å². The SMILES string of the molecule is COCCCNC(=S)Nc1ccc(F)c(F)c1. The predicted molar refractivity (Wildman–Crippen MR) is 67.1 cm³/mol. The van der Waals surface area contributed by atoms with Gasteiger partial charge in [-0.05, 0) is 30.8 Å². The summed E-state index contributed by atoms with van der Waals surface area (Å²) >= 11 is 4.98. The maximum Gasteiger partial charge on any atom is 0.170 e. The highest BCUT2D eigenvalue weighted by molar-refractivity contribution is 7.80. The van der Waals surface area contributed by atoms with Crippen molar-refractivity contribution >= 4 is 23.0 Å². The lowest BCUT2D eigenvalue weighted by atomic mass is 10.3. The maximum absolute atomic E-state index is 12.9. The normalized spacial score (nSPS) is 10.1. The molecule has 94 valence electrons. The molecule has 6 heteroatoms. The average Bonchev–Trinajstić information content (AvgIpc) is 2.30. The molecule has 0 saturated heterocycles. The predicted octanol–water partition coefficient (Wildman–Crippen LogP) is 2.29.